The Kier molecular flexibility index (Phi) is 3.16. The van der Waals surface area contributed by atoms with Gasteiger partial charge in [-0.2, -0.15) is 0 Å². The summed E-state index contributed by atoms with van der Waals surface area (Å²) in [4.78, 5) is 12.1. The standard InChI is InChI=1S/C20H32O2/c1-18-6-4-13-9-20(3)11-14(21)5-7-19(20,2)12-16(13)17(18)8-15(22)10-18/h13-14,16-17,21H,4-12H2,1-3H3/t13-,14+,16-,17+,18-,19+,20-/m0/s1. The summed E-state index contributed by atoms with van der Waals surface area (Å²) in [6.45, 7) is 7.32. The van der Waals surface area contributed by atoms with Gasteiger partial charge in [-0.05, 0) is 78.9 Å². The predicted octanol–water partition coefficient (Wildman–Crippen LogP) is 4.35. The molecular formula is C20H32O2. The zero-order valence-electron chi connectivity index (χ0n) is 14.5. The number of aliphatic hydroxyl groups is 1. The average molecular weight is 304 g/mol. The Morgan fingerprint density at radius 3 is 2.55 bits per heavy atom. The third-order valence-electron chi connectivity index (χ3n) is 8.72. The summed E-state index contributed by atoms with van der Waals surface area (Å²) in [6, 6.07) is 0. The van der Waals surface area contributed by atoms with E-state index in [1.54, 1.807) is 0 Å². The molecule has 4 aliphatic rings. The lowest BCUT2D eigenvalue weighted by molar-refractivity contribution is -0.142. The van der Waals surface area contributed by atoms with Crippen LogP contribution in [0.25, 0.3) is 0 Å². The first-order valence-electron chi connectivity index (χ1n) is 9.45. The van der Waals surface area contributed by atoms with Crippen LogP contribution in [-0.4, -0.2) is 17.0 Å². The molecule has 0 aromatic carbocycles. The third kappa shape index (κ3) is 1.98. The van der Waals surface area contributed by atoms with E-state index in [4.69, 9.17) is 0 Å². The first kappa shape index (κ1) is 15.2. The third-order valence-corrected chi connectivity index (χ3v) is 8.72. The van der Waals surface area contributed by atoms with E-state index in [-0.39, 0.29) is 6.10 Å². The highest BCUT2D eigenvalue weighted by molar-refractivity contribution is 5.82. The van der Waals surface area contributed by atoms with Gasteiger partial charge in [-0.3, -0.25) is 4.79 Å². The van der Waals surface area contributed by atoms with Crippen molar-refractivity contribution in [2.75, 3.05) is 0 Å². The second-order valence-electron chi connectivity index (χ2n) is 10.1. The van der Waals surface area contributed by atoms with E-state index in [9.17, 15) is 9.90 Å². The number of Topliss-reactive ketones (excluding diaryl/α,β-unsaturated/α-hetero) is 1. The Morgan fingerprint density at radius 2 is 1.77 bits per heavy atom. The summed E-state index contributed by atoms with van der Waals surface area (Å²) in [5.74, 6) is 2.73. The topological polar surface area (TPSA) is 37.3 Å². The minimum Gasteiger partial charge on any atom is -0.393 e. The number of hydrogen-bond donors (Lipinski definition) is 1. The van der Waals surface area contributed by atoms with Crippen LogP contribution in [0.2, 0.25) is 0 Å². The highest BCUT2D eigenvalue weighted by Crippen LogP contribution is 2.67. The second kappa shape index (κ2) is 4.59. The Labute approximate surface area is 135 Å². The van der Waals surface area contributed by atoms with Crippen molar-refractivity contribution < 1.29 is 9.90 Å². The van der Waals surface area contributed by atoms with Gasteiger partial charge in [0.2, 0.25) is 0 Å². The fraction of sp³-hybridized carbons (Fsp3) is 0.950. The second-order valence-corrected chi connectivity index (χ2v) is 10.1. The number of carbonyl (C=O) groups is 1. The van der Waals surface area contributed by atoms with Gasteiger partial charge in [-0.15, -0.1) is 0 Å². The fourth-order valence-electron chi connectivity index (χ4n) is 7.14. The zero-order chi connectivity index (χ0) is 15.8. The van der Waals surface area contributed by atoms with Crippen molar-refractivity contribution in [1.29, 1.82) is 0 Å². The number of aliphatic hydroxyl groups excluding tert-OH is 1. The van der Waals surface area contributed by atoms with Crippen molar-refractivity contribution in [2.24, 2.45) is 34.0 Å². The molecule has 4 aliphatic carbocycles. The molecule has 0 unspecified atom stereocenters. The summed E-state index contributed by atoms with van der Waals surface area (Å²) >= 11 is 0. The smallest absolute Gasteiger partial charge is 0.133 e. The Balaban J connectivity index is 1.65. The summed E-state index contributed by atoms with van der Waals surface area (Å²) in [5, 5.41) is 10.2. The van der Waals surface area contributed by atoms with Crippen LogP contribution in [0, 0.1) is 34.0 Å². The van der Waals surface area contributed by atoms with E-state index in [0.717, 1.165) is 37.5 Å². The van der Waals surface area contributed by atoms with Crippen LogP contribution in [-0.2, 0) is 4.79 Å². The maximum absolute atomic E-state index is 12.1. The van der Waals surface area contributed by atoms with Crippen LogP contribution in [0.1, 0.15) is 78.6 Å². The molecule has 0 amide bonds. The van der Waals surface area contributed by atoms with Crippen molar-refractivity contribution in [1.82, 2.24) is 0 Å². The lowest BCUT2D eigenvalue weighted by atomic mass is 9.43. The number of hydrogen-bond acceptors (Lipinski definition) is 2. The van der Waals surface area contributed by atoms with Crippen LogP contribution in [0.3, 0.4) is 0 Å². The lowest BCUT2D eigenvalue weighted by Gasteiger charge is -2.62. The van der Waals surface area contributed by atoms with Gasteiger partial charge in [0.15, 0.2) is 0 Å². The molecule has 0 bridgehead atoms. The molecule has 2 nitrogen and oxygen atoms in total. The minimum absolute atomic E-state index is 0.0865. The molecular weight excluding hydrogens is 272 g/mol. The van der Waals surface area contributed by atoms with E-state index in [1.165, 1.54) is 32.1 Å². The molecule has 0 aromatic heterocycles. The molecule has 22 heavy (non-hydrogen) atoms. The van der Waals surface area contributed by atoms with Crippen molar-refractivity contribution in [2.45, 2.75) is 84.7 Å². The van der Waals surface area contributed by atoms with Crippen LogP contribution in [0.5, 0.6) is 0 Å². The molecule has 124 valence electrons. The monoisotopic (exact) mass is 304 g/mol. The quantitative estimate of drug-likeness (QED) is 0.722. The van der Waals surface area contributed by atoms with Gasteiger partial charge in [-0.1, -0.05) is 20.8 Å². The molecule has 1 N–H and O–H groups in total. The Morgan fingerprint density at radius 1 is 1.00 bits per heavy atom. The molecule has 0 aliphatic heterocycles. The van der Waals surface area contributed by atoms with Gasteiger partial charge in [0.05, 0.1) is 6.10 Å². The average Bonchev–Trinajstić information content (AvgIpc) is 2.73. The number of carbonyl (C=O) groups excluding carboxylic acids is 1. The maximum Gasteiger partial charge on any atom is 0.133 e. The number of ketones is 1. The highest BCUT2D eigenvalue weighted by Gasteiger charge is 2.60. The number of fused-ring (bicyclic) bond motifs is 4. The Bertz CT molecular complexity index is 500. The number of rotatable bonds is 0. The molecule has 0 spiro atoms. The molecule has 0 saturated heterocycles. The highest BCUT2D eigenvalue weighted by atomic mass is 16.3. The van der Waals surface area contributed by atoms with E-state index in [2.05, 4.69) is 20.8 Å². The van der Waals surface area contributed by atoms with Crippen molar-refractivity contribution in [3.8, 4) is 0 Å². The SMILES string of the molecule is C[C@@]12CC[C@H]3C[C@@]4(C)C[C@H](O)CC[C@]4(C)C[C@@H]3[C@H]1CC(=O)C2. The molecule has 0 heterocycles. The van der Waals surface area contributed by atoms with Gasteiger partial charge >= 0.3 is 0 Å². The fourth-order valence-corrected chi connectivity index (χ4v) is 7.14. The van der Waals surface area contributed by atoms with Gasteiger partial charge in [-0.25, -0.2) is 0 Å². The van der Waals surface area contributed by atoms with Crippen LogP contribution in [0.15, 0.2) is 0 Å². The zero-order valence-corrected chi connectivity index (χ0v) is 14.5. The van der Waals surface area contributed by atoms with Crippen molar-refractivity contribution in [3.63, 3.8) is 0 Å². The normalized spacial score (nSPS) is 57.9. The summed E-state index contributed by atoms with van der Waals surface area (Å²) < 4.78 is 0. The van der Waals surface area contributed by atoms with E-state index < -0.39 is 0 Å². The minimum atomic E-state index is -0.0865. The van der Waals surface area contributed by atoms with Crippen molar-refractivity contribution in [3.05, 3.63) is 0 Å². The lowest BCUT2D eigenvalue weighted by Crippen LogP contribution is -2.54. The first-order valence-corrected chi connectivity index (χ1v) is 9.45. The van der Waals surface area contributed by atoms with Crippen molar-refractivity contribution >= 4 is 5.78 Å². The maximum atomic E-state index is 12.1. The summed E-state index contributed by atoms with van der Waals surface area (Å²) in [7, 11) is 0. The largest absolute Gasteiger partial charge is 0.393 e. The van der Waals surface area contributed by atoms with Gasteiger partial charge in [0, 0.05) is 12.8 Å². The van der Waals surface area contributed by atoms with Crippen LogP contribution in [0.4, 0.5) is 0 Å². The molecule has 2 heteroatoms. The molecule has 4 rings (SSSR count). The van der Waals surface area contributed by atoms with Gasteiger partial charge < -0.3 is 5.11 Å². The van der Waals surface area contributed by atoms with Gasteiger partial charge in [0.1, 0.15) is 5.78 Å². The molecule has 4 fully saturated rings. The van der Waals surface area contributed by atoms with Crippen LogP contribution < -0.4 is 0 Å². The Hall–Kier alpha value is -0.370. The molecule has 0 aromatic rings. The molecule has 4 saturated carbocycles. The van der Waals surface area contributed by atoms with E-state index >= 15 is 0 Å². The van der Waals surface area contributed by atoms with Gasteiger partial charge in [0.25, 0.3) is 0 Å². The first-order chi connectivity index (χ1) is 10.2. The molecule has 0 radical (unpaired) electrons. The predicted molar refractivity (Wildman–Crippen MR) is 87.4 cm³/mol. The summed E-state index contributed by atoms with van der Waals surface area (Å²) in [5.41, 5.74) is 0.982. The summed E-state index contributed by atoms with van der Waals surface area (Å²) in [6.07, 6.45) is 9.90. The van der Waals surface area contributed by atoms with E-state index in [0.29, 0.717) is 27.9 Å². The molecule has 7 atom stereocenters. The van der Waals surface area contributed by atoms with Crippen LogP contribution >= 0.6 is 0 Å². The van der Waals surface area contributed by atoms with E-state index in [1.807, 2.05) is 0 Å².